The van der Waals surface area contributed by atoms with Crippen LogP contribution >= 0.6 is 0 Å². The average Bonchev–Trinajstić information content (AvgIpc) is 3.55. The van der Waals surface area contributed by atoms with Crippen LogP contribution in [0.2, 0.25) is 0 Å². The number of imide groups is 1. The van der Waals surface area contributed by atoms with E-state index in [0.717, 1.165) is 6.42 Å². The van der Waals surface area contributed by atoms with E-state index in [9.17, 15) is 19.2 Å². The molecule has 30 heavy (non-hydrogen) atoms. The summed E-state index contributed by atoms with van der Waals surface area (Å²) < 4.78 is 10.1. The number of carbonyl (C=O) groups excluding carboxylic acids is 4. The molecular weight excluding hydrogens is 386 g/mol. The third-order valence-electron chi connectivity index (χ3n) is 7.07. The maximum atomic E-state index is 12.9. The Bertz CT molecular complexity index is 915. The number of carbonyl (C=O) groups is 4. The Hall–Kier alpha value is -2.96. The lowest BCUT2D eigenvalue weighted by molar-refractivity contribution is -0.145. The summed E-state index contributed by atoms with van der Waals surface area (Å²) in [6.45, 7) is -0.370. The van der Waals surface area contributed by atoms with E-state index in [2.05, 4.69) is 12.2 Å². The van der Waals surface area contributed by atoms with Gasteiger partial charge in [-0.25, -0.2) is 0 Å². The summed E-state index contributed by atoms with van der Waals surface area (Å²) >= 11 is 0. The first-order chi connectivity index (χ1) is 14.5. The van der Waals surface area contributed by atoms with Gasteiger partial charge in [-0.05, 0) is 54.4 Å². The van der Waals surface area contributed by atoms with Crippen LogP contribution in [0, 0.1) is 35.5 Å². The summed E-state index contributed by atoms with van der Waals surface area (Å²) in [6, 6.07) is 6.52. The number of hydrogen-bond donors (Lipinski definition) is 0. The Morgan fingerprint density at radius 2 is 1.60 bits per heavy atom. The van der Waals surface area contributed by atoms with Crippen LogP contribution < -0.4 is 4.74 Å². The molecule has 3 fully saturated rings. The molecule has 1 aromatic carbocycles. The molecule has 1 aromatic rings. The van der Waals surface area contributed by atoms with Crippen molar-refractivity contribution in [2.75, 3.05) is 20.3 Å². The highest BCUT2D eigenvalue weighted by Gasteiger charge is 2.66. The van der Waals surface area contributed by atoms with Crippen LogP contribution in [0.3, 0.4) is 0 Å². The van der Waals surface area contributed by atoms with Crippen LogP contribution in [0.25, 0.3) is 0 Å². The van der Waals surface area contributed by atoms with E-state index in [4.69, 9.17) is 9.47 Å². The molecule has 0 spiro atoms. The zero-order valence-corrected chi connectivity index (χ0v) is 16.7. The molecule has 0 aromatic heterocycles. The Morgan fingerprint density at radius 3 is 2.17 bits per heavy atom. The van der Waals surface area contributed by atoms with E-state index >= 15 is 0 Å². The van der Waals surface area contributed by atoms with Crippen molar-refractivity contribution in [2.24, 2.45) is 35.5 Å². The van der Waals surface area contributed by atoms with Crippen molar-refractivity contribution < 1.29 is 28.7 Å². The van der Waals surface area contributed by atoms with E-state index in [1.54, 1.807) is 24.3 Å². The number of Topliss-reactive ketones (excluding diaryl/α,β-unsaturated/α-hetero) is 1. The highest BCUT2D eigenvalue weighted by Crippen LogP contribution is 2.65. The molecule has 7 heteroatoms. The van der Waals surface area contributed by atoms with Gasteiger partial charge in [0.25, 0.3) is 0 Å². The van der Waals surface area contributed by atoms with Gasteiger partial charge < -0.3 is 9.47 Å². The van der Waals surface area contributed by atoms with Crippen molar-refractivity contribution in [1.29, 1.82) is 0 Å². The van der Waals surface area contributed by atoms with E-state index in [1.165, 1.54) is 12.0 Å². The average molecular weight is 409 g/mol. The lowest BCUT2D eigenvalue weighted by Gasteiger charge is -2.37. The van der Waals surface area contributed by atoms with Crippen LogP contribution in [-0.4, -0.2) is 48.7 Å². The van der Waals surface area contributed by atoms with Gasteiger partial charge in [0.2, 0.25) is 11.8 Å². The highest BCUT2D eigenvalue weighted by atomic mass is 16.5. The molecule has 1 aliphatic heterocycles. The predicted octanol–water partition coefficient (Wildman–Crippen LogP) is 1.86. The van der Waals surface area contributed by atoms with E-state index in [0.29, 0.717) is 23.1 Å². The molecular formula is C23H23NO6. The van der Waals surface area contributed by atoms with E-state index in [-0.39, 0.29) is 60.8 Å². The summed E-state index contributed by atoms with van der Waals surface area (Å²) in [5.41, 5.74) is 0.416. The zero-order valence-electron chi connectivity index (χ0n) is 16.7. The van der Waals surface area contributed by atoms with Crippen LogP contribution in [-0.2, 0) is 19.1 Å². The van der Waals surface area contributed by atoms with Gasteiger partial charge in [0, 0.05) is 12.1 Å². The van der Waals surface area contributed by atoms with Gasteiger partial charge >= 0.3 is 5.97 Å². The smallest absolute Gasteiger partial charge is 0.308 e. The predicted molar refractivity (Wildman–Crippen MR) is 104 cm³/mol. The Morgan fingerprint density at radius 1 is 1.00 bits per heavy atom. The number of hydrogen-bond acceptors (Lipinski definition) is 6. The van der Waals surface area contributed by atoms with Crippen LogP contribution in [0.5, 0.6) is 5.75 Å². The fourth-order valence-corrected chi connectivity index (χ4v) is 5.52. The third-order valence-corrected chi connectivity index (χ3v) is 7.07. The summed E-state index contributed by atoms with van der Waals surface area (Å²) in [7, 11) is 1.54. The Labute approximate surface area is 174 Å². The molecule has 0 unspecified atom stereocenters. The largest absolute Gasteiger partial charge is 0.497 e. The second-order valence-electron chi connectivity index (χ2n) is 8.55. The molecule has 0 N–H and O–H groups in total. The van der Waals surface area contributed by atoms with Crippen molar-refractivity contribution in [3.05, 3.63) is 42.0 Å². The number of esters is 1. The van der Waals surface area contributed by atoms with Gasteiger partial charge in [-0.3, -0.25) is 24.1 Å². The first-order valence-electron chi connectivity index (χ1n) is 10.4. The van der Waals surface area contributed by atoms with E-state index < -0.39 is 5.97 Å². The van der Waals surface area contributed by atoms with Gasteiger partial charge in [0.05, 0.1) is 25.4 Å². The Balaban J connectivity index is 1.14. The van der Waals surface area contributed by atoms with Crippen LogP contribution in [0.4, 0.5) is 0 Å². The first-order valence-corrected chi connectivity index (χ1v) is 10.4. The van der Waals surface area contributed by atoms with Gasteiger partial charge in [-0.15, -0.1) is 0 Å². The highest BCUT2D eigenvalue weighted by molar-refractivity contribution is 6.06. The van der Waals surface area contributed by atoms with Crippen LogP contribution in [0.1, 0.15) is 23.2 Å². The first kappa shape index (κ1) is 19.0. The number of methoxy groups -OCH3 is 1. The fourth-order valence-electron chi connectivity index (χ4n) is 5.52. The molecule has 0 radical (unpaired) electrons. The molecule has 2 amide bonds. The van der Waals surface area contributed by atoms with Gasteiger partial charge in [0.15, 0.2) is 12.4 Å². The second kappa shape index (κ2) is 7.07. The maximum absolute atomic E-state index is 12.9. The molecule has 4 aliphatic carbocycles. The van der Waals surface area contributed by atoms with Crippen molar-refractivity contribution in [1.82, 2.24) is 4.90 Å². The minimum absolute atomic E-state index is 0.00893. The SMILES string of the molecule is COc1ccc(C(=O)COC(=O)CCN2C(=O)[C@@H]3[C@@H]4C=C[C@H]([C@@H]5C[C@H]45)[C@@H]3C2=O)cc1. The number of rotatable bonds is 7. The molecule has 5 aliphatic rings. The number of ether oxygens (including phenoxy) is 2. The fraction of sp³-hybridized carbons (Fsp3) is 0.478. The van der Waals surface area contributed by atoms with Crippen molar-refractivity contribution in [3.63, 3.8) is 0 Å². The van der Waals surface area contributed by atoms with Gasteiger partial charge in [-0.1, -0.05) is 12.2 Å². The minimum atomic E-state index is -0.601. The quantitative estimate of drug-likeness (QED) is 0.296. The van der Waals surface area contributed by atoms with Crippen molar-refractivity contribution in [3.8, 4) is 5.75 Å². The normalized spacial score (nSPS) is 32.6. The third kappa shape index (κ3) is 2.95. The molecule has 6 atom stereocenters. The summed E-state index contributed by atoms with van der Waals surface area (Å²) in [6.07, 6.45) is 5.24. The monoisotopic (exact) mass is 409 g/mol. The van der Waals surface area contributed by atoms with Crippen molar-refractivity contribution in [2.45, 2.75) is 12.8 Å². The zero-order chi connectivity index (χ0) is 21.0. The topological polar surface area (TPSA) is 90.0 Å². The number of amides is 2. The second-order valence-corrected chi connectivity index (χ2v) is 8.55. The number of nitrogens with zero attached hydrogens (tertiary/aromatic N) is 1. The molecule has 7 nitrogen and oxygen atoms in total. The Kier molecular flexibility index (Phi) is 4.49. The number of ketones is 1. The summed E-state index contributed by atoms with van der Waals surface area (Å²) in [5, 5.41) is 0. The minimum Gasteiger partial charge on any atom is -0.497 e. The van der Waals surface area contributed by atoms with Crippen LogP contribution in [0.15, 0.2) is 36.4 Å². The van der Waals surface area contributed by atoms with E-state index in [1.807, 2.05) is 0 Å². The number of allylic oxidation sites excluding steroid dienone is 2. The summed E-state index contributed by atoms with van der Waals surface area (Å²) in [4.78, 5) is 51.2. The summed E-state index contributed by atoms with van der Waals surface area (Å²) in [5.74, 6) is 0.301. The molecule has 6 rings (SSSR count). The van der Waals surface area contributed by atoms with Gasteiger partial charge in [0.1, 0.15) is 5.75 Å². The van der Waals surface area contributed by atoms with Gasteiger partial charge in [-0.2, -0.15) is 0 Å². The molecule has 2 bridgehead atoms. The maximum Gasteiger partial charge on any atom is 0.308 e. The molecule has 2 saturated carbocycles. The molecule has 1 heterocycles. The molecule has 1 saturated heterocycles. The number of likely N-dealkylation sites (tertiary alicyclic amines) is 1. The standard InChI is InChI=1S/C23H23NO6/c1-29-13-4-2-12(3-5-13)18(25)11-30-19(26)8-9-24-22(27)20-14-6-7-15(17-10-16(14)17)21(20)23(24)28/h2-7,14-17,20-21H,8-11H2,1H3/t14-,15-,16-,17+,20-,21+/m1/s1. The lowest BCUT2D eigenvalue weighted by atomic mass is 9.63. The number of benzene rings is 1. The molecule has 156 valence electrons. The van der Waals surface area contributed by atoms with Crippen molar-refractivity contribution >= 4 is 23.6 Å². The lowest BCUT2D eigenvalue weighted by Crippen LogP contribution is -2.40.